The van der Waals surface area contributed by atoms with Crippen LogP contribution in [0.5, 0.6) is 0 Å². The number of carbonyl (C=O) groups excluding carboxylic acids is 2. The molecular formula is C20H19N3O4S2. The highest BCUT2D eigenvalue weighted by atomic mass is 32.2. The number of benzene rings is 2. The number of hydrogen-bond acceptors (Lipinski definition) is 5. The van der Waals surface area contributed by atoms with Crippen LogP contribution in [0, 0.1) is 0 Å². The van der Waals surface area contributed by atoms with E-state index < -0.39 is 15.9 Å². The highest BCUT2D eigenvalue weighted by molar-refractivity contribution is 7.91. The van der Waals surface area contributed by atoms with Gasteiger partial charge in [0.25, 0.3) is 10.0 Å². The Kier molecular flexibility index (Phi) is 5.12. The van der Waals surface area contributed by atoms with Crippen molar-refractivity contribution in [2.24, 2.45) is 5.73 Å². The second-order valence-corrected chi connectivity index (χ2v) is 10.1. The molecule has 2 N–H and O–H groups in total. The second kappa shape index (κ2) is 7.58. The largest absolute Gasteiger partial charge is 0.366 e. The predicted molar refractivity (Wildman–Crippen MR) is 111 cm³/mol. The molecular weight excluding hydrogens is 410 g/mol. The lowest BCUT2D eigenvalue weighted by atomic mass is 10.1. The van der Waals surface area contributed by atoms with E-state index in [1.807, 2.05) is 24.3 Å². The quantitative estimate of drug-likeness (QED) is 0.671. The molecule has 9 heteroatoms. The summed E-state index contributed by atoms with van der Waals surface area (Å²) in [5, 5.41) is 0.871. The predicted octanol–water partition coefficient (Wildman–Crippen LogP) is 2.03. The number of carbonyl (C=O) groups is 2. The van der Waals surface area contributed by atoms with Crippen LogP contribution in [0.25, 0.3) is 10.1 Å². The van der Waals surface area contributed by atoms with Crippen molar-refractivity contribution < 1.29 is 18.0 Å². The Hall–Kier alpha value is -2.75. The van der Waals surface area contributed by atoms with Crippen molar-refractivity contribution in [2.45, 2.75) is 10.8 Å². The van der Waals surface area contributed by atoms with Gasteiger partial charge in [0.2, 0.25) is 11.8 Å². The van der Waals surface area contributed by atoms with Gasteiger partial charge in [-0.15, -0.1) is 11.3 Å². The first-order valence-corrected chi connectivity index (χ1v) is 11.3. The fourth-order valence-corrected chi connectivity index (χ4v) is 6.25. The van der Waals surface area contributed by atoms with Crippen molar-refractivity contribution in [3.8, 4) is 0 Å². The zero-order valence-electron chi connectivity index (χ0n) is 15.4. The molecule has 1 aliphatic heterocycles. The molecule has 3 aromatic rings. The van der Waals surface area contributed by atoms with Gasteiger partial charge in [0, 0.05) is 29.9 Å². The van der Waals surface area contributed by atoms with Crippen LogP contribution < -0.4 is 5.73 Å². The summed E-state index contributed by atoms with van der Waals surface area (Å²) in [6, 6.07) is 15.9. The number of rotatable bonds is 5. The van der Waals surface area contributed by atoms with Crippen LogP contribution in [0.3, 0.4) is 0 Å². The summed E-state index contributed by atoms with van der Waals surface area (Å²) in [6.07, 6.45) is 0. The normalized spacial score (nSPS) is 15.7. The maximum atomic E-state index is 13.0. The average Bonchev–Trinajstić information content (AvgIpc) is 3.15. The van der Waals surface area contributed by atoms with Gasteiger partial charge in [-0.25, -0.2) is 8.42 Å². The van der Waals surface area contributed by atoms with Gasteiger partial charge in [-0.1, -0.05) is 30.3 Å². The molecule has 2 aromatic carbocycles. The lowest BCUT2D eigenvalue weighted by molar-refractivity contribution is -0.134. The first kappa shape index (κ1) is 19.6. The first-order chi connectivity index (χ1) is 13.8. The third-order valence-electron chi connectivity index (χ3n) is 4.87. The van der Waals surface area contributed by atoms with E-state index in [9.17, 15) is 18.0 Å². The third-order valence-corrected chi connectivity index (χ3v) is 8.28. The van der Waals surface area contributed by atoms with Crippen molar-refractivity contribution in [3.05, 3.63) is 65.7 Å². The molecule has 1 aromatic heterocycles. The number of amides is 2. The van der Waals surface area contributed by atoms with Crippen molar-refractivity contribution in [2.75, 3.05) is 19.6 Å². The van der Waals surface area contributed by atoms with Gasteiger partial charge in [0.15, 0.2) is 0 Å². The summed E-state index contributed by atoms with van der Waals surface area (Å²) in [4.78, 5) is 25.5. The number of hydrogen-bond donors (Lipinski definition) is 1. The van der Waals surface area contributed by atoms with Crippen LogP contribution in [-0.4, -0.2) is 49.1 Å². The Labute approximate surface area is 172 Å². The van der Waals surface area contributed by atoms with E-state index in [0.717, 1.165) is 15.6 Å². The molecule has 150 valence electrons. The number of fused-ring (bicyclic) bond motifs is 1. The summed E-state index contributed by atoms with van der Waals surface area (Å²) in [7, 11) is -3.73. The van der Waals surface area contributed by atoms with Gasteiger partial charge < -0.3 is 10.6 Å². The van der Waals surface area contributed by atoms with Crippen LogP contribution >= 0.6 is 11.3 Å². The summed E-state index contributed by atoms with van der Waals surface area (Å²) < 4.78 is 28.4. The topological polar surface area (TPSA) is 101 Å². The van der Waals surface area contributed by atoms with Gasteiger partial charge in [0.1, 0.15) is 4.21 Å². The Morgan fingerprint density at radius 3 is 2.59 bits per heavy atom. The Balaban J connectivity index is 1.49. The minimum Gasteiger partial charge on any atom is -0.366 e. The van der Waals surface area contributed by atoms with Crippen molar-refractivity contribution in [1.29, 1.82) is 0 Å². The second-order valence-electron chi connectivity index (χ2n) is 6.82. The average molecular weight is 430 g/mol. The molecule has 0 unspecified atom stereocenters. The maximum absolute atomic E-state index is 13.0. The number of sulfonamides is 1. The molecule has 0 spiro atoms. The molecule has 29 heavy (non-hydrogen) atoms. The van der Waals surface area contributed by atoms with Gasteiger partial charge in [-0.2, -0.15) is 4.31 Å². The van der Waals surface area contributed by atoms with Crippen LogP contribution in [0.2, 0.25) is 0 Å². The van der Waals surface area contributed by atoms with Crippen LogP contribution in [0.15, 0.2) is 58.8 Å². The van der Waals surface area contributed by atoms with Crippen LogP contribution in [0.4, 0.5) is 0 Å². The molecule has 1 saturated heterocycles. The fraction of sp³-hybridized carbons (Fsp3) is 0.200. The Bertz CT molecular complexity index is 1170. The molecule has 4 rings (SSSR count). The van der Waals surface area contributed by atoms with E-state index in [0.29, 0.717) is 12.1 Å². The zero-order valence-corrected chi connectivity index (χ0v) is 17.1. The molecule has 0 atom stereocenters. The monoisotopic (exact) mass is 429 g/mol. The fourth-order valence-electron chi connectivity index (χ4n) is 3.31. The lowest BCUT2D eigenvalue weighted by Gasteiger charge is -2.33. The standard InChI is InChI=1S/C20H19N3O4S2/c21-20(25)16-6-3-4-14(10-16)12-22-8-9-23(13-18(22)24)29(26,27)19-11-15-5-1-2-7-17(15)28-19/h1-7,10-11H,8-9,12-13H2,(H2,21,25). The van der Waals surface area contributed by atoms with E-state index in [1.54, 1.807) is 35.2 Å². The molecule has 7 nitrogen and oxygen atoms in total. The SMILES string of the molecule is NC(=O)c1cccc(CN2CCN(S(=O)(=O)c3cc4ccccc4s3)CC2=O)c1. The van der Waals surface area contributed by atoms with Crippen molar-refractivity contribution in [3.63, 3.8) is 0 Å². The summed E-state index contributed by atoms with van der Waals surface area (Å²) in [6.45, 7) is 0.602. The summed E-state index contributed by atoms with van der Waals surface area (Å²) >= 11 is 1.21. The number of nitrogens with two attached hydrogens (primary N) is 1. The minimum atomic E-state index is -3.73. The van der Waals surface area contributed by atoms with Gasteiger partial charge in [0.05, 0.1) is 6.54 Å². The summed E-state index contributed by atoms with van der Waals surface area (Å²) in [5.41, 5.74) is 6.45. The summed E-state index contributed by atoms with van der Waals surface area (Å²) in [5.74, 6) is -0.803. The number of thiophene rings is 1. The molecule has 1 aliphatic rings. The zero-order chi connectivity index (χ0) is 20.6. The smallest absolute Gasteiger partial charge is 0.253 e. The van der Waals surface area contributed by atoms with Gasteiger partial charge in [-0.05, 0) is 35.2 Å². The molecule has 2 amide bonds. The Morgan fingerprint density at radius 1 is 1.07 bits per heavy atom. The van der Waals surface area contributed by atoms with Gasteiger partial charge in [-0.3, -0.25) is 9.59 Å². The first-order valence-electron chi connectivity index (χ1n) is 9.00. The molecule has 0 radical (unpaired) electrons. The maximum Gasteiger partial charge on any atom is 0.253 e. The number of piperazine rings is 1. The third kappa shape index (κ3) is 3.89. The van der Waals surface area contributed by atoms with Crippen LogP contribution in [-0.2, 0) is 21.4 Å². The van der Waals surface area contributed by atoms with Crippen molar-refractivity contribution >= 4 is 43.3 Å². The minimum absolute atomic E-state index is 0.202. The van der Waals surface area contributed by atoms with Crippen molar-refractivity contribution in [1.82, 2.24) is 9.21 Å². The number of primary amides is 1. The number of nitrogens with zero attached hydrogens (tertiary/aromatic N) is 2. The van der Waals surface area contributed by atoms with E-state index in [4.69, 9.17) is 5.73 Å². The van der Waals surface area contributed by atoms with Gasteiger partial charge >= 0.3 is 0 Å². The van der Waals surface area contributed by atoms with E-state index >= 15 is 0 Å². The molecule has 0 bridgehead atoms. The van der Waals surface area contributed by atoms with E-state index in [2.05, 4.69) is 0 Å². The van der Waals surface area contributed by atoms with E-state index in [-0.39, 0.29) is 29.8 Å². The van der Waals surface area contributed by atoms with Crippen LogP contribution in [0.1, 0.15) is 15.9 Å². The highest BCUT2D eigenvalue weighted by Crippen LogP contribution is 2.31. The van der Waals surface area contributed by atoms with E-state index in [1.165, 1.54) is 15.6 Å². The lowest BCUT2D eigenvalue weighted by Crippen LogP contribution is -2.51. The Morgan fingerprint density at radius 2 is 1.86 bits per heavy atom. The molecule has 2 heterocycles. The molecule has 0 aliphatic carbocycles. The molecule has 1 fully saturated rings. The molecule has 0 saturated carbocycles. The highest BCUT2D eigenvalue weighted by Gasteiger charge is 2.33.